The van der Waals surface area contributed by atoms with Gasteiger partial charge in [0.15, 0.2) is 6.54 Å². The number of quaternary nitrogens is 2. The molecule has 0 aromatic heterocycles. The smallest absolute Gasteiger partial charge is 0.326 e. The lowest BCUT2D eigenvalue weighted by Crippen LogP contribution is -2.63. The second-order valence-electron chi connectivity index (χ2n) is 10.8. The van der Waals surface area contributed by atoms with Gasteiger partial charge in [0, 0.05) is 6.42 Å². The van der Waals surface area contributed by atoms with Crippen molar-refractivity contribution in [1.29, 1.82) is 0 Å². The van der Waals surface area contributed by atoms with Crippen LogP contribution < -0.4 is 43.8 Å². The number of carboxylic acids is 1. The summed E-state index contributed by atoms with van der Waals surface area (Å²) in [5.41, 5.74) is 12.2. The number of nitrogens with two attached hydrogens (primary N) is 1. The van der Waals surface area contributed by atoms with Gasteiger partial charge in [-0.2, -0.15) is 0 Å². The molecule has 0 aromatic carbocycles. The molecule has 0 aliphatic carbocycles. The van der Waals surface area contributed by atoms with E-state index < -0.39 is 89.7 Å². The summed E-state index contributed by atoms with van der Waals surface area (Å²) in [5, 5.41) is 41.6. The number of unbranched alkanes of at least 4 members (excludes halogenated alkanes) is 1. The number of aliphatic hydroxyl groups is 2. The fourth-order valence-electron chi connectivity index (χ4n) is 3.95. The van der Waals surface area contributed by atoms with Crippen LogP contribution in [-0.4, -0.2) is 112 Å². The van der Waals surface area contributed by atoms with Gasteiger partial charge in [0.1, 0.15) is 30.2 Å². The maximum Gasteiger partial charge on any atom is 0.326 e. The minimum atomic E-state index is -1.62. The summed E-state index contributed by atoms with van der Waals surface area (Å²) in [5.74, 6) is -7.01. The van der Waals surface area contributed by atoms with Gasteiger partial charge in [0.25, 0.3) is 5.91 Å². The van der Waals surface area contributed by atoms with Crippen molar-refractivity contribution in [3.8, 4) is 0 Å². The van der Waals surface area contributed by atoms with Crippen LogP contribution in [0.15, 0.2) is 0 Å². The number of carboxylic acid groups (broad SMARTS) is 1. The third-order valence-electron chi connectivity index (χ3n) is 6.54. The molecule has 0 fully saturated rings. The molecule has 0 spiro atoms. The Hall–Kier alpha value is -3.87. The van der Waals surface area contributed by atoms with Crippen LogP contribution >= 0.6 is 0 Å². The first kappa shape index (κ1) is 40.1. The van der Waals surface area contributed by atoms with Gasteiger partial charge in [-0.25, -0.2) is 4.79 Å². The van der Waals surface area contributed by atoms with Crippen LogP contribution in [0, 0.1) is 5.92 Å². The third kappa shape index (κ3) is 14.5. The summed E-state index contributed by atoms with van der Waals surface area (Å²) in [6.07, 6.45) is -2.18. The van der Waals surface area contributed by atoms with Gasteiger partial charge < -0.3 is 59.1 Å². The number of amides is 6. The zero-order valence-corrected chi connectivity index (χ0v) is 25.8. The van der Waals surface area contributed by atoms with Crippen LogP contribution in [0.25, 0.3) is 0 Å². The molecule has 16 N–H and O–H groups in total. The summed E-state index contributed by atoms with van der Waals surface area (Å²) in [7, 11) is 0. The second kappa shape index (κ2) is 20.2. The summed E-state index contributed by atoms with van der Waals surface area (Å²) in [6, 6.07) is -7.08. The topological polar surface area (TPSA) is 322 Å². The number of nitrogens with one attached hydrogen (secondary N) is 5. The Morgan fingerprint density at radius 1 is 0.659 bits per heavy atom. The number of hydrogen-bond acceptors (Lipinski definition) is 9. The van der Waals surface area contributed by atoms with Gasteiger partial charge in [-0.05, 0) is 45.4 Å². The molecule has 0 saturated heterocycles. The molecule has 0 rings (SSSR count). The van der Waals surface area contributed by atoms with Crippen molar-refractivity contribution >= 4 is 41.4 Å². The largest absolute Gasteiger partial charge is 0.480 e. The van der Waals surface area contributed by atoms with E-state index in [-0.39, 0.29) is 25.8 Å². The molecule has 0 aromatic rings. The second-order valence-corrected chi connectivity index (χ2v) is 10.8. The van der Waals surface area contributed by atoms with Crippen LogP contribution in [0.4, 0.5) is 0 Å². The van der Waals surface area contributed by atoms with Crippen LogP contribution in [0.1, 0.15) is 59.8 Å². The highest BCUT2D eigenvalue weighted by atomic mass is 16.4. The maximum atomic E-state index is 13.2. The standard InChI is InChI=1S/C26H48N8O10/c1-12(2)19(23(40)34-20(13(3)35)24(41)31-16(26(43)44)7-5-6-10-27)32-25(42)21(14(4)36)33-22(39)15(8-9-17(29)37)30-18(38)11-28/h12-16,19-21,35-36H,5-11,27-28H2,1-4H3,(H2,29,37)(H,30,38)(H,31,41)(H,32,42)(H,33,39)(H,34,40)(H,43,44)/p+2/t13-,14-,15+,16+,19+,20+,21+/m1/s1. The van der Waals surface area contributed by atoms with E-state index in [0.717, 1.165) is 0 Å². The van der Waals surface area contributed by atoms with Crippen molar-refractivity contribution < 1.29 is 60.3 Å². The first-order valence-corrected chi connectivity index (χ1v) is 14.4. The van der Waals surface area contributed by atoms with Crippen LogP contribution in [0.5, 0.6) is 0 Å². The SMILES string of the molecule is CC(C)[C@H](NC(=O)[C@@H](NC(=O)[C@H](CCC(N)=O)NC(=O)C[NH3+])[C@@H](C)O)C(=O)N[C@H](C(=O)N[C@@H](CCCC[NH3+])C(=O)O)[C@@H](C)O. The molecule has 0 saturated carbocycles. The van der Waals surface area contributed by atoms with E-state index in [1.54, 1.807) is 13.8 Å². The van der Waals surface area contributed by atoms with Crippen LogP contribution in [0.3, 0.4) is 0 Å². The predicted molar refractivity (Wildman–Crippen MR) is 153 cm³/mol. The molecule has 0 bridgehead atoms. The quantitative estimate of drug-likeness (QED) is 0.0531. The molecular weight excluding hydrogens is 584 g/mol. The Bertz CT molecular complexity index is 1010. The van der Waals surface area contributed by atoms with Crippen molar-refractivity contribution in [2.45, 2.75) is 102 Å². The highest BCUT2D eigenvalue weighted by Crippen LogP contribution is 2.08. The maximum absolute atomic E-state index is 13.2. The number of aliphatic carboxylic acids is 1. The molecular formula is C26H50N8O10+2. The first-order chi connectivity index (χ1) is 20.5. The molecule has 0 heterocycles. The molecule has 0 unspecified atom stereocenters. The van der Waals surface area contributed by atoms with E-state index in [1.165, 1.54) is 13.8 Å². The van der Waals surface area contributed by atoms with Crippen molar-refractivity contribution in [1.82, 2.24) is 26.6 Å². The van der Waals surface area contributed by atoms with Crippen LogP contribution in [-0.2, 0) is 33.6 Å². The van der Waals surface area contributed by atoms with Gasteiger partial charge in [0.05, 0.1) is 18.8 Å². The highest BCUT2D eigenvalue weighted by Gasteiger charge is 2.36. The Morgan fingerprint density at radius 3 is 1.57 bits per heavy atom. The number of aliphatic hydroxyl groups excluding tert-OH is 2. The van der Waals surface area contributed by atoms with Crippen molar-refractivity contribution in [2.24, 2.45) is 11.7 Å². The van der Waals surface area contributed by atoms with Crippen molar-refractivity contribution in [2.75, 3.05) is 13.1 Å². The Balaban J connectivity index is 5.78. The van der Waals surface area contributed by atoms with E-state index in [0.29, 0.717) is 19.4 Å². The molecule has 18 nitrogen and oxygen atoms in total. The molecule has 44 heavy (non-hydrogen) atoms. The molecule has 0 aliphatic rings. The predicted octanol–water partition coefficient (Wildman–Crippen LogP) is -6.17. The van der Waals surface area contributed by atoms with Gasteiger partial charge in [-0.15, -0.1) is 0 Å². The minimum absolute atomic E-state index is 0.108. The van der Waals surface area contributed by atoms with E-state index in [9.17, 15) is 48.9 Å². The van der Waals surface area contributed by atoms with Gasteiger partial charge in [-0.3, -0.25) is 28.8 Å². The van der Waals surface area contributed by atoms with E-state index in [2.05, 4.69) is 38.1 Å². The lowest BCUT2D eigenvalue weighted by Gasteiger charge is -2.29. The van der Waals surface area contributed by atoms with E-state index in [4.69, 9.17) is 5.73 Å². The van der Waals surface area contributed by atoms with Gasteiger partial charge in [-0.1, -0.05) is 13.8 Å². The fourth-order valence-corrected chi connectivity index (χ4v) is 3.95. The number of primary amides is 1. The Morgan fingerprint density at radius 2 is 1.14 bits per heavy atom. The van der Waals surface area contributed by atoms with E-state index in [1.807, 2.05) is 0 Å². The fraction of sp³-hybridized carbons (Fsp3) is 0.731. The van der Waals surface area contributed by atoms with Crippen molar-refractivity contribution in [3.63, 3.8) is 0 Å². The van der Waals surface area contributed by atoms with Gasteiger partial charge >= 0.3 is 5.97 Å². The Labute approximate surface area is 255 Å². The first-order valence-electron chi connectivity index (χ1n) is 14.4. The lowest BCUT2D eigenvalue weighted by atomic mass is 10.0. The number of carbonyl (C=O) groups is 7. The number of hydrogen-bond donors (Lipinski definition) is 11. The van der Waals surface area contributed by atoms with E-state index >= 15 is 0 Å². The molecule has 6 amide bonds. The molecule has 0 radical (unpaired) electrons. The number of carbonyl (C=O) groups excluding carboxylic acids is 6. The molecule has 0 aliphatic heterocycles. The number of rotatable bonds is 21. The summed E-state index contributed by atoms with van der Waals surface area (Å²) in [4.78, 5) is 86.8. The summed E-state index contributed by atoms with van der Waals surface area (Å²) in [6.45, 7) is 5.91. The zero-order chi connectivity index (χ0) is 34.1. The molecule has 7 atom stereocenters. The van der Waals surface area contributed by atoms with Gasteiger partial charge in [0.2, 0.25) is 29.5 Å². The monoisotopic (exact) mass is 634 g/mol. The highest BCUT2D eigenvalue weighted by molar-refractivity contribution is 5.96. The average Bonchev–Trinajstić information content (AvgIpc) is 2.93. The molecule has 18 heteroatoms. The third-order valence-corrected chi connectivity index (χ3v) is 6.54. The van der Waals surface area contributed by atoms with Crippen LogP contribution in [0.2, 0.25) is 0 Å². The zero-order valence-electron chi connectivity index (χ0n) is 25.8. The summed E-state index contributed by atoms with van der Waals surface area (Å²) < 4.78 is 0. The normalized spacial score (nSPS) is 15.8. The van der Waals surface area contributed by atoms with Crippen molar-refractivity contribution in [3.05, 3.63) is 0 Å². The molecule has 252 valence electrons. The minimum Gasteiger partial charge on any atom is -0.480 e. The Kier molecular flexibility index (Phi) is 18.4. The average molecular weight is 635 g/mol. The lowest BCUT2D eigenvalue weighted by molar-refractivity contribution is -0.368. The summed E-state index contributed by atoms with van der Waals surface area (Å²) >= 11 is 0.